The topological polar surface area (TPSA) is 81.4 Å². The number of methoxy groups -OCH3 is 1. The van der Waals surface area contributed by atoms with Gasteiger partial charge in [-0.3, -0.25) is 9.59 Å². The van der Waals surface area contributed by atoms with E-state index in [1.807, 2.05) is 6.07 Å². The molecule has 0 saturated heterocycles. The molecule has 1 aromatic rings. The summed E-state index contributed by atoms with van der Waals surface area (Å²) in [7, 11) is 1.51. The van der Waals surface area contributed by atoms with Crippen LogP contribution in [0.5, 0.6) is 0 Å². The number of nitrogens with one attached hydrogen (secondary N) is 1. The zero-order valence-corrected chi connectivity index (χ0v) is 11.0. The summed E-state index contributed by atoms with van der Waals surface area (Å²) < 4.78 is 5.38. The van der Waals surface area contributed by atoms with Gasteiger partial charge in [0.2, 0.25) is 0 Å². The fraction of sp³-hybridized carbons (Fsp3) is 0.333. The number of ether oxygens (including phenoxy) is 1. The summed E-state index contributed by atoms with van der Waals surface area (Å²) in [6, 6.07) is 7.08. The molecule has 3 N–H and O–H groups in total. The fourth-order valence-electron chi connectivity index (χ4n) is 1.45. The molecule has 0 aliphatic heterocycles. The van der Waals surface area contributed by atoms with Crippen molar-refractivity contribution in [2.45, 2.75) is 12.5 Å². The van der Waals surface area contributed by atoms with E-state index in [2.05, 4.69) is 5.32 Å². The van der Waals surface area contributed by atoms with Crippen molar-refractivity contribution in [2.75, 3.05) is 13.7 Å². The van der Waals surface area contributed by atoms with E-state index in [4.69, 9.17) is 22.1 Å². The summed E-state index contributed by atoms with van der Waals surface area (Å²) in [5.74, 6) is -1.88. The van der Waals surface area contributed by atoms with Crippen molar-refractivity contribution in [3.05, 3.63) is 34.9 Å². The zero-order chi connectivity index (χ0) is 13.8. The fourth-order valence-corrected chi connectivity index (χ4v) is 1.64. The highest BCUT2D eigenvalue weighted by atomic mass is 35.5. The molecule has 0 spiro atoms. The van der Waals surface area contributed by atoms with Gasteiger partial charge in [0.25, 0.3) is 0 Å². The predicted octanol–water partition coefficient (Wildman–Crippen LogP) is 0.803. The molecule has 2 amide bonds. The van der Waals surface area contributed by atoms with Crippen LogP contribution >= 0.6 is 11.6 Å². The molecule has 5 nitrogen and oxygen atoms in total. The molecule has 0 bridgehead atoms. The van der Waals surface area contributed by atoms with E-state index in [0.29, 0.717) is 5.02 Å². The maximum Gasteiger partial charge on any atom is 0.309 e. The Morgan fingerprint density at radius 1 is 1.50 bits per heavy atom. The minimum absolute atomic E-state index is 0.117. The van der Waals surface area contributed by atoms with Gasteiger partial charge in [-0.1, -0.05) is 23.7 Å². The van der Waals surface area contributed by atoms with Crippen LogP contribution in [0.2, 0.25) is 5.02 Å². The average molecular weight is 271 g/mol. The van der Waals surface area contributed by atoms with Crippen molar-refractivity contribution in [3.8, 4) is 0 Å². The Bertz CT molecular complexity index is 464. The van der Waals surface area contributed by atoms with E-state index in [0.717, 1.165) is 5.56 Å². The van der Waals surface area contributed by atoms with Crippen LogP contribution in [0.15, 0.2) is 24.3 Å². The van der Waals surface area contributed by atoms with Gasteiger partial charge >= 0.3 is 11.8 Å². The molecule has 1 atom stereocenters. The van der Waals surface area contributed by atoms with Gasteiger partial charge < -0.3 is 15.8 Å². The molecule has 0 fully saturated rings. The van der Waals surface area contributed by atoms with Crippen molar-refractivity contribution in [3.63, 3.8) is 0 Å². The molecule has 18 heavy (non-hydrogen) atoms. The number of nitrogens with two attached hydrogens (primary N) is 1. The van der Waals surface area contributed by atoms with Crippen molar-refractivity contribution in [2.24, 2.45) is 5.73 Å². The number of primary amides is 1. The van der Waals surface area contributed by atoms with Gasteiger partial charge in [0.1, 0.15) is 5.60 Å². The molecular formula is C12H15ClN2O3. The molecule has 0 radical (unpaired) electrons. The van der Waals surface area contributed by atoms with Crippen molar-refractivity contribution >= 4 is 23.4 Å². The van der Waals surface area contributed by atoms with Crippen LogP contribution < -0.4 is 11.1 Å². The normalized spacial score (nSPS) is 13.7. The predicted molar refractivity (Wildman–Crippen MR) is 68.0 cm³/mol. The lowest BCUT2D eigenvalue weighted by Crippen LogP contribution is -2.44. The molecule has 0 aromatic heterocycles. The monoisotopic (exact) mass is 270 g/mol. The number of carbonyl (C=O) groups excluding carboxylic acids is 2. The van der Waals surface area contributed by atoms with Crippen LogP contribution in [0.3, 0.4) is 0 Å². The lowest BCUT2D eigenvalue weighted by molar-refractivity contribution is -0.138. The highest BCUT2D eigenvalue weighted by Gasteiger charge is 2.27. The molecule has 6 heteroatoms. The minimum Gasteiger partial charge on any atom is -0.372 e. The van der Waals surface area contributed by atoms with Gasteiger partial charge in [-0.25, -0.2) is 0 Å². The van der Waals surface area contributed by atoms with Crippen LogP contribution in [-0.2, 0) is 19.9 Å². The summed E-state index contributed by atoms with van der Waals surface area (Å²) in [6.45, 7) is 1.89. The highest BCUT2D eigenvalue weighted by molar-refractivity contribution is 6.34. The molecule has 1 rings (SSSR count). The SMILES string of the molecule is COC(C)(CNC(=O)C(N)=O)c1cccc(Cl)c1. The highest BCUT2D eigenvalue weighted by Crippen LogP contribution is 2.26. The largest absolute Gasteiger partial charge is 0.372 e. The van der Waals surface area contributed by atoms with Crippen molar-refractivity contribution < 1.29 is 14.3 Å². The average Bonchev–Trinajstić information content (AvgIpc) is 2.35. The summed E-state index contributed by atoms with van der Waals surface area (Å²) >= 11 is 5.90. The van der Waals surface area contributed by atoms with Crippen LogP contribution in [0.25, 0.3) is 0 Å². The zero-order valence-electron chi connectivity index (χ0n) is 10.2. The number of amides is 2. The number of rotatable bonds is 4. The summed E-state index contributed by atoms with van der Waals surface area (Å²) in [5.41, 5.74) is 4.87. The van der Waals surface area contributed by atoms with E-state index >= 15 is 0 Å². The van der Waals surface area contributed by atoms with E-state index < -0.39 is 17.4 Å². The van der Waals surface area contributed by atoms with E-state index in [1.54, 1.807) is 25.1 Å². The Morgan fingerprint density at radius 3 is 2.67 bits per heavy atom. The number of hydrogen-bond donors (Lipinski definition) is 2. The number of benzene rings is 1. The minimum atomic E-state index is -1.03. The van der Waals surface area contributed by atoms with Crippen LogP contribution in [-0.4, -0.2) is 25.5 Å². The van der Waals surface area contributed by atoms with Crippen molar-refractivity contribution in [1.82, 2.24) is 5.32 Å². The van der Waals surface area contributed by atoms with E-state index in [-0.39, 0.29) is 6.54 Å². The molecule has 0 saturated carbocycles. The molecular weight excluding hydrogens is 256 g/mol. The van der Waals surface area contributed by atoms with Crippen LogP contribution in [0.1, 0.15) is 12.5 Å². The van der Waals surface area contributed by atoms with Gasteiger partial charge in [-0.2, -0.15) is 0 Å². The smallest absolute Gasteiger partial charge is 0.309 e. The number of halogens is 1. The molecule has 0 heterocycles. The maximum atomic E-state index is 11.1. The molecule has 0 aliphatic carbocycles. The second-order valence-electron chi connectivity index (χ2n) is 3.99. The third-order valence-electron chi connectivity index (χ3n) is 2.70. The first-order chi connectivity index (χ1) is 8.39. The van der Waals surface area contributed by atoms with Gasteiger partial charge in [0.05, 0.1) is 6.54 Å². The van der Waals surface area contributed by atoms with Gasteiger partial charge in [0, 0.05) is 12.1 Å². The second-order valence-corrected chi connectivity index (χ2v) is 4.43. The Morgan fingerprint density at radius 2 is 2.17 bits per heavy atom. The second kappa shape index (κ2) is 5.84. The van der Waals surface area contributed by atoms with E-state index in [9.17, 15) is 9.59 Å². The van der Waals surface area contributed by atoms with Gasteiger partial charge in [-0.05, 0) is 24.6 Å². The quantitative estimate of drug-likeness (QED) is 0.794. The number of carbonyl (C=O) groups is 2. The summed E-state index contributed by atoms with van der Waals surface area (Å²) in [6.07, 6.45) is 0. The Balaban J connectivity index is 2.86. The number of hydrogen-bond acceptors (Lipinski definition) is 3. The van der Waals surface area contributed by atoms with Crippen molar-refractivity contribution in [1.29, 1.82) is 0 Å². The van der Waals surface area contributed by atoms with Crippen LogP contribution in [0.4, 0.5) is 0 Å². The lowest BCUT2D eigenvalue weighted by atomic mass is 9.95. The summed E-state index contributed by atoms with van der Waals surface area (Å²) in [5, 5.41) is 2.98. The first kappa shape index (κ1) is 14.5. The first-order valence-corrected chi connectivity index (χ1v) is 5.65. The molecule has 1 aromatic carbocycles. The molecule has 98 valence electrons. The van der Waals surface area contributed by atoms with Gasteiger partial charge in [-0.15, -0.1) is 0 Å². The molecule has 1 unspecified atom stereocenters. The standard InChI is InChI=1S/C12H15ClN2O3/c1-12(18-2,7-15-11(17)10(14)16)8-4-3-5-9(13)6-8/h3-6H,7H2,1-2H3,(H2,14,16)(H,15,17). The first-order valence-electron chi connectivity index (χ1n) is 5.28. The Hall–Kier alpha value is -1.59. The third-order valence-corrected chi connectivity index (χ3v) is 2.93. The Labute approximate surface area is 110 Å². The van der Waals surface area contributed by atoms with E-state index in [1.165, 1.54) is 7.11 Å². The maximum absolute atomic E-state index is 11.1. The van der Waals surface area contributed by atoms with Gasteiger partial charge in [0.15, 0.2) is 0 Å². The van der Waals surface area contributed by atoms with Crippen LogP contribution in [0, 0.1) is 0 Å². The Kier molecular flexibility index (Phi) is 4.69. The molecule has 0 aliphatic rings. The third kappa shape index (κ3) is 3.45. The summed E-state index contributed by atoms with van der Waals surface area (Å²) in [4.78, 5) is 21.8. The lowest BCUT2D eigenvalue weighted by Gasteiger charge is -2.28.